The number of carbonyl (C=O) groups is 1. The predicted octanol–water partition coefficient (Wildman–Crippen LogP) is 2.39. The van der Waals surface area contributed by atoms with Gasteiger partial charge in [-0.1, -0.05) is 31.2 Å². The summed E-state index contributed by atoms with van der Waals surface area (Å²) in [6.45, 7) is 5.63. The number of amides is 1. The second-order valence-corrected chi connectivity index (χ2v) is 7.05. The van der Waals surface area contributed by atoms with Crippen LogP contribution in [0, 0.1) is 12.8 Å². The van der Waals surface area contributed by atoms with E-state index in [-0.39, 0.29) is 17.4 Å². The number of thiazole rings is 1. The fourth-order valence-electron chi connectivity index (χ4n) is 2.47. The molecule has 3 aromatic rings. The zero-order valence-corrected chi connectivity index (χ0v) is 14.4. The Morgan fingerprint density at radius 3 is 2.71 bits per heavy atom. The van der Waals surface area contributed by atoms with Gasteiger partial charge in [0, 0.05) is 11.1 Å². The summed E-state index contributed by atoms with van der Waals surface area (Å²) in [5, 5.41) is 11.7. The molecule has 0 radical (unpaired) electrons. The van der Waals surface area contributed by atoms with Crippen molar-refractivity contribution in [3.8, 4) is 0 Å². The van der Waals surface area contributed by atoms with Crippen LogP contribution in [0.4, 0.5) is 5.13 Å². The average molecular weight is 343 g/mol. The molecule has 7 nitrogen and oxygen atoms in total. The molecular weight excluding hydrogens is 326 g/mol. The lowest BCUT2D eigenvalue weighted by atomic mass is 10.0. The third kappa shape index (κ3) is 3.05. The molecule has 0 unspecified atom stereocenters. The molecule has 0 bridgehead atoms. The minimum atomic E-state index is -0.765. The molecule has 1 aromatic carbocycles. The monoisotopic (exact) mass is 343 g/mol. The number of benzene rings is 1. The van der Waals surface area contributed by atoms with Crippen molar-refractivity contribution in [1.29, 1.82) is 0 Å². The summed E-state index contributed by atoms with van der Waals surface area (Å²) in [6.07, 6.45) is 1.69. The quantitative estimate of drug-likeness (QED) is 0.785. The normalized spacial score (nSPS) is 12.5. The van der Waals surface area contributed by atoms with Gasteiger partial charge in [-0.2, -0.15) is 4.68 Å². The number of anilines is 1. The van der Waals surface area contributed by atoms with Crippen molar-refractivity contribution in [3.63, 3.8) is 0 Å². The third-order valence-electron chi connectivity index (χ3n) is 3.61. The molecule has 2 heterocycles. The number of aryl methyl sites for hydroxylation is 1. The van der Waals surface area contributed by atoms with Gasteiger partial charge in [0.1, 0.15) is 11.6 Å². The maximum atomic E-state index is 12.7. The molecule has 3 rings (SSSR count). The first-order valence-electron chi connectivity index (χ1n) is 7.55. The molecule has 0 fully saturated rings. The van der Waals surface area contributed by atoms with Crippen molar-refractivity contribution >= 4 is 33.3 Å². The summed E-state index contributed by atoms with van der Waals surface area (Å²) >= 11 is 1.38. The Bertz CT molecular complexity index is 947. The maximum Gasteiger partial charge on any atom is 0.278 e. The molecule has 0 saturated carbocycles. The van der Waals surface area contributed by atoms with Crippen molar-refractivity contribution < 1.29 is 4.79 Å². The highest BCUT2D eigenvalue weighted by atomic mass is 32.1. The van der Waals surface area contributed by atoms with Crippen molar-refractivity contribution in [2.45, 2.75) is 26.8 Å². The van der Waals surface area contributed by atoms with Crippen LogP contribution in [0.5, 0.6) is 0 Å². The van der Waals surface area contributed by atoms with Gasteiger partial charge < -0.3 is 5.32 Å². The predicted molar refractivity (Wildman–Crippen MR) is 93.2 cm³/mol. The van der Waals surface area contributed by atoms with E-state index < -0.39 is 6.04 Å². The number of hydrogen-bond donors (Lipinski definition) is 1. The number of hydrogen-bond acceptors (Lipinski definition) is 6. The molecule has 0 aliphatic heterocycles. The van der Waals surface area contributed by atoms with E-state index in [0.717, 1.165) is 9.56 Å². The summed E-state index contributed by atoms with van der Waals surface area (Å²) in [6, 6.07) is 6.19. The second kappa shape index (κ2) is 6.48. The van der Waals surface area contributed by atoms with E-state index in [1.54, 1.807) is 30.5 Å². The van der Waals surface area contributed by atoms with Gasteiger partial charge in [0.2, 0.25) is 0 Å². The summed E-state index contributed by atoms with van der Waals surface area (Å²) in [7, 11) is 0. The highest BCUT2D eigenvalue weighted by Crippen LogP contribution is 2.21. The van der Waals surface area contributed by atoms with E-state index in [4.69, 9.17) is 0 Å². The van der Waals surface area contributed by atoms with E-state index >= 15 is 0 Å². The molecule has 0 aliphatic carbocycles. The lowest BCUT2D eigenvalue weighted by molar-refractivity contribution is -0.120. The van der Waals surface area contributed by atoms with Gasteiger partial charge in [-0.25, -0.2) is 4.98 Å². The fourth-order valence-corrected chi connectivity index (χ4v) is 3.14. The van der Waals surface area contributed by atoms with Crippen LogP contribution in [0.15, 0.2) is 35.3 Å². The molecule has 1 N–H and O–H groups in total. The summed E-state index contributed by atoms with van der Waals surface area (Å²) in [5.41, 5.74) is 0.182. The SMILES string of the molecule is Cc1cnc(NC(=O)[C@H](C(C)C)n2nnc3ccccc3c2=O)s1. The highest BCUT2D eigenvalue weighted by molar-refractivity contribution is 7.15. The third-order valence-corrected chi connectivity index (χ3v) is 4.43. The molecule has 0 aliphatic rings. The molecule has 8 heteroatoms. The molecule has 2 aromatic heterocycles. The zero-order chi connectivity index (χ0) is 17.3. The van der Waals surface area contributed by atoms with Crippen LogP contribution in [-0.4, -0.2) is 25.9 Å². The first-order chi connectivity index (χ1) is 11.5. The Morgan fingerprint density at radius 1 is 1.29 bits per heavy atom. The molecule has 0 saturated heterocycles. The number of aromatic nitrogens is 4. The van der Waals surface area contributed by atoms with Gasteiger partial charge in [-0.05, 0) is 25.0 Å². The van der Waals surface area contributed by atoms with Gasteiger partial charge in [0.15, 0.2) is 5.13 Å². The van der Waals surface area contributed by atoms with E-state index in [9.17, 15) is 9.59 Å². The molecular formula is C16H17N5O2S. The number of fused-ring (bicyclic) bond motifs is 1. The van der Waals surface area contributed by atoms with E-state index in [0.29, 0.717) is 16.0 Å². The van der Waals surface area contributed by atoms with Crippen molar-refractivity contribution in [2.24, 2.45) is 5.92 Å². The van der Waals surface area contributed by atoms with E-state index in [2.05, 4.69) is 20.6 Å². The summed E-state index contributed by atoms with van der Waals surface area (Å²) in [4.78, 5) is 30.5. The summed E-state index contributed by atoms with van der Waals surface area (Å²) < 4.78 is 1.16. The second-order valence-electron chi connectivity index (χ2n) is 5.81. The van der Waals surface area contributed by atoms with Crippen LogP contribution in [0.2, 0.25) is 0 Å². The molecule has 1 atom stereocenters. The van der Waals surface area contributed by atoms with Crippen LogP contribution in [0.1, 0.15) is 24.8 Å². The lowest BCUT2D eigenvalue weighted by Gasteiger charge is -2.20. The molecule has 124 valence electrons. The van der Waals surface area contributed by atoms with Crippen molar-refractivity contribution in [3.05, 3.63) is 45.7 Å². The Kier molecular flexibility index (Phi) is 4.39. The smallest absolute Gasteiger partial charge is 0.278 e. The number of rotatable bonds is 4. The van der Waals surface area contributed by atoms with Crippen molar-refractivity contribution in [1.82, 2.24) is 20.0 Å². The molecule has 24 heavy (non-hydrogen) atoms. The van der Waals surface area contributed by atoms with E-state index in [1.807, 2.05) is 20.8 Å². The maximum absolute atomic E-state index is 12.7. The van der Waals surface area contributed by atoms with Gasteiger partial charge >= 0.3 is 0 Å². The van der Waals surface area contributed by atoms with Gasteiger partial charge in [0.05, 0.1) is 5.39 Å². The highest BCUT2D eigenvalue weighted by Gasteiger charge is 2.28. The van der Waals surface area contributed by atoms with Gasteiger partial charge in [0.25, 0.3) is 11.5 Å². The van der Waals surface area contributed by atoms with E-state index in [1.165, 1.54) is 11.3 Å². The fraction of sp³-hybridized carbons (Fsp3) is 0.312. The van der Waals surface area contributed by atoms with Crippen molar-refractivity contribution in [2.75, 3.05) is 5.32 Å². The van der Waals surface area contributed by atoms with Crippen LogP contribution >= 0.6 is 11.3 Å². The lowest BCUT2D eigenvalue weighted by Crippen LogP contribution is -2.38. The topological polar surface area (TPSA) is 89.8 Å². The number of nitrogens with zero attached hydrogens (tertiary/aromatic N) is 4. The van der Waals surface area contributed by atoms with Crippen LogP contribution < -0.4 is 10.9 Å². The largest absolute Gasteiger partial charge is 0.300 e. The standard InChI is InChI=1S/C16H17N5O2S/c1-9(2)13(14(22)18-16-17-8-10(3)24-16)21-15(23)11-6-4-5-7-12(11)19-20-21/h4-9,13H,1-3H3,(H,17,18,22)/t13-/m0/s1. The van der Waals surface area contributed by atoms with Gasteiger partial charge in [-0.3, -0.25) is 9.59 Å². The van der Waals surface area contributed by atoms with Gasteiger partial charge in [-0.15, -0.1) is 16.4 Å². The first-order valence-corrected chi connectivity index (χ1v) is 8.36. The average Bonchev–Trinajstić information content (AvgIpc) is 2.95. The minimum absolute atomic E-state index is 0.140. The van der Waals surface area contributed by atoms with Crippen LogP contribution in [0.3, 0.4) is 0 Å². The molecule has 0 spiro atoms. The summed E-state index contributed by atoms with van der Waals surface area (Å²) in [5.74, 6) is -0.467. The zero-order valence-electron chi connectivity index (χ0n) is 13.6. The Labute approximate surface area is 142 Å². The number of carbonyl (C=O) groups excluding carboxylic acids is 1. The van der Waals surface area contributed by atoms with Crippen LogP contribution in [-0.2, 0) is 4.79 Å². The Morgan fingerprint density at radius 2 is 2.04 bits per heavy atom. The Hall–Kier alpha value is -2.61. The first kappa shape index (κ1) is 16.3. The number of nitrogens with one attached hydrogen (secondary N) is 1. The molecule has 1 amide bonds. The minimum Gasteiger partial charge on any atom is -0.300 e. The Balaban J connectivity index is 2.00. The van der Waals surface area contributed by atoms with Crippen LogP contribution in [0.25, 0.3) is 10.9 Å².